The number of nitrogens with two attached hydrogens (primary N) is 1. The zero-order chi connectivity index (χ0) is 16.7. The van der Waals surface area contributed by atoms with Crippen LogP contribution < -0.4 is 5.73 Å². The first-order valence-electron chi connectivity index (χ1n) is 8.14. The normalized spacial score (nSPS) is 13.0. The third kappa shape index (κ3) is 7.39. The highest BCUT2D eigenvalue weighted by molar-refractivity contribution is 5.85. The maximum atomic E-state index is 12.9. The molecule has 0 saturated heterocycles. The average molecular weight is 378 g/mol. The van der Waals surface area contributed by atoms with Gasteiger partial charge in [-0.25, -0.2) is 0 Å². The van der Waals surface area contributed by atoms with Crippen LogP contribution in [0.2, 0.25) is 0 Å². The fraction of sp³-hybridized carbons (Fsp3) is 0.611. The lowest BCUT2D eigenvalue weighted by Crippen LogP contribution is -2.41. The summed E-state index contributed by atoms with van der Waals surface area (Å²) in [6.07, 6.45) is 0.831. The molecule has 0 heterocycles. The van der Waals surface area contributed by atoms with E-state index in [2.05, 4.69) is 25.7 Å². The zero-order valence-corrected chi connectivity index (χ0v) is 17.1. The number of halogens is 2. The van der Waals surface area contributed by atoms with Gasteiger partial charge in [-0.3, -0.25) is 9.69 Å². The van der Waals surface area contributed by atoms with Gasteiger partial charge in [0.2, 0.25) is 5.91 Å². The van der Waals surface area contributed by atoms with Gasteiger partial charge in [-0.1, -0.05) is 51.1 Å². The number of carbonyl (C=O) groups is 1. The predicted octanol–water partition coefficient (Wildman–Crippen LogP) is 3.35. The maximum absolute atomic E-state index is 12.9. The second-order valence-corrected chi connectivity index (χ2v) is 6.34. The lowest BCUT2D eigenvalue weighted by molar-refractivity contribution is -0.135. The van der Waals surface area contributed by atoms with E-state index in [-0.39, 0.29) is 42.8 Å². The highest BCUT2D eigenvalue weighted by atomic mass is 35.5. The summed E-state index contributed by atoms with van der Waals surface area (Å²) in [5, 5.41) is 0. The molecule has 0 spiro atoms. The molecule has 0 bridgehead atoms. The summed E-state index contributed by atoms with van der Waals surface area (Å²) in [5.41, 5.74) is 7.13. The van der Waals surface area contributed by atoms with Crippen LogP contribution >= 0.6 is 24.8 Å². The van der Waals surface area contributed by atoms with Crippen molar-refractivity contribution in [2.45, 2.75) is 39.3 Å². The Kier molecular flexibility index (Phi) is 13.3. The van der Waals surface area contributed by atoms with Crippen LogP contribution in [0.5, 0.6) is 0 Å². The van der Waals surface area contributed by atoms with Crippen molar-refractivity contribution in [3.8, 4) is 0 Å². The quantitative estimate of drug-likeness (QED) is 0.755. The van der Waals surface area contributed by atoms with Gasteiger partial charge in [-0.2, -0.15) is 0 Å². The van der Waals surface area contributed by atoms with Crippen LogP contribution in [0.15, 0.2) is 30.3 Å². The molecule has 0 aliphatic heterocycles. The smallest absolute Gasteiger partial charge is 0.244 e. The molecule has 0 aliphatic carbocycles. The molecule has 24 heavy (non-hydrogen) atoms. The fourth-order valence-electron chi connectivity index (χ4n) is 2.40. The van der Waals surface area contributed by atoms with E-state index in [0.29, 0.717) is 12.5 Å². The van der Waals surface area contributed by atoms with Crippen molar-refractivity contribution in [1.82, 2.24) is 9.80 Å². The fourth-order valence-corrected chi connectivity index (χ4v) is 2.40. The summed E-state index contributed by atoms with van der Waals surface area (Å²) in [6.45, 7) is 7.82. The van der Waals surface area contributed by atoms with E-state index in [1.807, 2.05) is 49.3 Å². The molecule has 2 atom stereocenters. The summed E-state index contributed by atoms with van der Waals surface area (Å²) in [6, 6.07) is 9.87. The van der Waals surface area contributed by atoms with Gasteiger partial charge in [0.15, 0.2) is 0 Å². The van der Waals surface area contributed by atoms with Crippen LogP contribution in [0, 0.1) is 5.92 Å². The standard InChI is InChI=1S/C18H31N3O.2ClH/c1-6-20(4)17(15-10-8-7-9-11-15)18(22)21(5)13-12-16(19)14(2)3;;/h7-11,14,16-17H,6,12-13,19H2,1-5H3;2*1H. The van der Waals surface area contributed by atoms with Crippen molar-refractivity contribution >= 4 is 30.7 Å². The van der Waals surface area contributed by atoms with Gasteiger partial charge < -0.3 is 10.6 Å². The molecule has 0 fully saturated rings. The predicted molar refractivity (Wildman–Crippen MR) is 107 cm³/mol. The molecule has 0 aromatic heterocycles. The van der Waals surface area contributed by atoms with Crippen LogP contribution in [0.1, 0.15) is 38.8 Å². The van der Waals surface area contributed by atoms with Crippen molar-refractivity contribution in [2.75, 3.05) is 27.2 Å². The van der Waals surface area contributed by atoms with E-state index in [0.717, 1.165) is 18.5 Å². The molecule has 1 amide bonds. The minimum atomic E-state index is -0.230. The molecule has 1 aromatic rings. The summed E-state index contributed by atoms with van der Waals surface area (Å²) >= 11 is 0. The molecule has 0 radical (unpaired) electrons. The van der Waals surface area contributed by atoms with E-state index in [1.165, 1.54) is 0 Å². The number of nitrogens with zero attached hydrogens (tertiary/aromatic N) is 2. The van der Waals surface area contributed by atoms with Gasteiger partial charge in [-0.05, 0) is 31.5 Å². The number of hydrogen-bond acceptors (Lipinski definition) is 3. The summed E-state index contributed by atoms with van der Waals surface area (Å²) in [4.78, 5) is 16.8. The van der Waals surface area contributed by atoms with Gasteiger partial charge in [0.25, 0.3) is 0 Å². The summed E-state index contributed by atoms with van der Waals surface area (Å²) < 4.78 is 0. The molecular formula is C18H33Cl2N3O. The molecule has 2 unspecified atom stereocenters. The number of benzene rings is 1. The zero-order valence-electron chi connectivity index (χ0n) is 15.4. The third-order valence-electron chi connectivity index (χ3n) is 4.32. The van der Waals surface area contributed by atoms with E-state index in [1.54, 1.807) is 0 Å². The largest absolute Gasteiger partial charge is 0.344 e. The minimum Gasteiger partial charge on any atom is -0.344 e. The number of carbonyl (C=O) groups excluding carboxylic acids is 1. The van der Waals surface area contributed by atoms with E-state index in [9.17, 15) is 4.79 Å². The van der Waals surface area contributed by atoms with Crippen molar-refractivity contribution in [2.24, 2.45) is 11.7 Å². The molecule has 140 valence electrons. The molecule has 1 rings (SSSR count). The second-order valence-electron chi connectivity index (χ2n) is 6.34. The Morgan fingerprint density at radius 1 is 1.12 bits per heavy atom. The van der Waals surface area contributed by atoms with Crippen LogP contribution in [0.4, 0.5) is 0 Å². The van der Waals surface area contributed by atoms with Crippen LogP contribution in [0.25, 0.3) is 0 Å². The SMILES string of the molecule is CCN(C)C(C(=O)N(C)CCC(N)C(C)C)c1ccccc1.Cl.Cl. The van der Waals surface area contributed by atoms with E-state index in [4.69, 9.17) is 5.73 Å². The molecule has 4 nitrogen and oxygen atoms in total. The van der Waals surface area contributed by atoms with Gasteiger partial charge in [0.05, 0.1) is 0 Å². The van der Waals surface area contributed by atoms with Crippen LogP contribution in [0.3, 0.4) is 0 Å². The van der Waals surface area contributed by atoms with E-state index >= 15 is 0 Å². The monoisotopic (exact) mass is 377 g/mol. The van der Waals surface area contributed by atoms with Gasteiger partial charge in [-0.15, -0.1) is 24.8 Å². The van der Waals surface area contributed by atoms with Crippen LogP contribution in [-0.2, 0) is 4.79 Å². The molecular weight excluding hydrogens is 345 g/mol. The van der Waals surface area contributed by atoms with E-state index < -0.39 is 0 Å². The Bertz CT molecular complexity index is 457. The Hall–Kier alpha value is -0.810. The number of likely N-dealkylation sites (N-methyl/N-ethyl adjacent to an activating group) is 2. The topological polar surface area (TPSA) is 49.6 Å². The molecule has 2 N–H and O–H groups in total. The van der Waals surface area contributed by atoms with Gasteiger partial charge in [0, 0.05) is 19.6 Å². The first-order chi connectivity index (χ1) is 10.4. The Morgan fingerprint density at radius 2 is 1.67 bits per heavy atom. The van der Waals surface area contributed by atoms with Gasteiger partial charge >= 0.3 is 0 Å². The maximum Gasteiger partial charge on any atom is 0.244 e. The average Bonchev–Trinajstić information content (AvgIpc) is 2.52. The third-order valence-corrected chi connectivity index (χ3v) is 4.32. The lowest BCUT2D eigenvalue weighted by Gasteiger charge is -2.31. The Labute approximate surface area is 159 Å². The summed E-state index contributed by atoms with van der Waals surface area (Å²) in [5.74, 6) is 0.568. The molecule has 0 aliphatic rings. The molecule has 1 aromatic carbocycles. The van der Waals surface area contributed by atoms with Crippen LogP contribution in [-0.4, -0.2) is 48.9 Å². The number of hydrogen-bond donors (Lipinski definition) is 1. The first-order valence-corrected chi connectivity index (χ1v) is 8.14. The van der Waals surface area contributed by atoms with Crippen molar-refractivity contribution in [3.63, 3.8) is 0 Å². The molecule has 6 heteroatoms. The molecule has 0 saturated carbocycles. The van der Waals surface area contributed by atoms with Crippen molar-refractivity contribution < 1.29 is 4.79 Å². The highest BCUT2D eigenvalue weighted by Crippen LogP contribution is 2.21. The number of rotatable bonds is 8. The Balaban J connectivity index is 0. The minimum absolute atomic E-state index is 0. The van der Waals surface area contributed by atoms with Crippen molar-refractivity contribution in [3.05, 3.63) is 35.9 Å². The van der Waals surface area contributed by atoms with Gasteiger partial charge in [0.1, 0.15) is 6.04 Å². The first kappa shape index (κ1) is 25.4. The lowest BCUT2D eigenvalue weighted by atomic mass is 10.0. The Morgan fingerprint density at radius 3 is 2.12 bits per heavy atom. The van der Waals surface area contributed by atoms with Crippen molar-refractivity contribution in [1.29, 1.82) is 0 Å². The second kappa shape index (κ2) is 12.5. The number of amides is 1. The summed E-state index contributed by atoms with van der Waals surface area (Å²) in [7, 11) is 3.86. The highest BCUT2D eigenvalue weighted by Gasteiger charge is 2.27.